The van der Waals surface area contributed by atoms with Gasteiger partial charge < -0.3 is 14.8 Å². The van der Waals surface area contributed by atoms with Gasteiger partial charge in [0.25, 0.3) is 0 Å². The van der Waals surface area contributed by atoms with Crippen molar-refractivity contribution in [2.75, 3.05) is 7.11 Å². The molecule has 5 nitrogen and oxygen atoms in total. The van der Waals surface area contributed by atoms with Crippen molar-refractivity contribution >= 4 is 17.7 Å². The molecule has 0 spiro atoms. The van der Waals surface area contributed by atoms with E-state index >= 15 is 0 Å². The Morgan fingerprint density at radius 1 is 1.03 bits per heavy atom. The van der Waals surface area contributed by atoms with Gasteiger partial charge in [-0.25, -0.2) is 0 Å². The molecule has 1 amide bonds. The lowest BCUT2D eigenvalue weighted by Gasteiger charge is -2.13. The number of pyridine rings is 1. The van der Waals surface area contributed by atoms with Gasteiger partial charge in [0.15, 0.2) is 0 Å². The summed E-state index contributed by atoms with van der Waals surface area (Å²) < 4.78 is 10.9. The molecule has 1 N–H and O–H groups in total. The molecule has 0 bridgehead atoms. The maximum Gasteiger partial charge on any atom is 0.233 e. The third kappa shape index (κ3) is 6.54. The van der Waals surface area contributed by atoms with Gasteiger partial charge >= 0.3 is 0 Å². The van der Waals surface area contributed by atoms with Gasteiger partial charge in [0.05, 0.1) is 12.4 Å². The van der Waals surface area contributed by atoms with Gasteiger partial charge in [-0.2, -0.15) is 0 Å². The summed E-state index contributed by atoms with van der Waals surface area (Å²) in [5.74, 6) is 1.59. The molecule has 1 heterocycles. The van der Waals surface area contributed by atoms with Crippen LogP contribution in [0.2, 0.25) is 0 Å². The minimum Gasteiger partial charge on any atom is -0.497 e. The summed E-state index contributed by atoms with van der Waals surface area (Å²) in [7, 11) is 1.64. The molecule has 1 atom stereocenters. The first-order valence-corrected chi connectivity index (χ1v) is 10.2. The van der Waals surface area contributed by atoms with Crippen molar-refractivity contribution < 1.29 is 14.3 Å². The molecule has 29 heavy (non-hydrogen) atoms. The minimum absolute atomic E-state index is 0.00252. The zero-order valence-electron chi connectivity index (χ0n) is 16.5. The average Bonchev–Trinajstić information content (AvgIpc) is 2.78. The highest BCUT2D eigenvalue weighted by molar-refractivity contribution is 8.00. The number of hydrogen-bond acceptors (Lipinski definition) is 5. The number of methoxy groups -OCH3 is 1. The highest BCUT2D eigenvalue weighted by atomic mass is 32.2. The second-order valence-corrected chi connectivity index (χ2v) is 7.86. The second kappa shape index (κ2) is 10.5. The lowest BCUT2D eigenvalue weighted by molar-refractivity contribution is -0.120. The summed E-state index contributed by atoms with van der Waals surface area (Å²) in [5, 5.41) is 2.80. The number of amides is 1. The van der Waals surface area contributed by atoms with Crippen molar-refractivity contribution in [2.45, 2.75) is 30.2 Å². The zero-order chi connectivity index (χ0) is 20.5. The Balaban J connectivity index is 1.44. The average molecular weight is 409 g/mol. The minimum atomic E-state index is -0.189. The number of rotatable bonds is 9. The summed E-state index contributed by atoms with van der Waals surface area (Å²) in [6, 6.07) is 19.3. The van der Waals surface area contributed by atoms with Crippen molar-refractivity contribution in [1.82, 2.24) is 10.3 Å². The number of carbonyl (C=O) groups excluding carboxylic acids is 1. The standard InChI is InChI=1S/C23H24N2O3S/c1-17(29-22-11-9-20(27-2)10-12-22)23(26)25-15-18-5-7-21(8-6-18)28-16-19-4-3-13-24-14-19/h3-14,17H,15-16H2,1-2H3,(H,25,26). The first-order valence-electron chi connectivity index (χ1n) is 9.33. The number of thioether (sulfide) groups is 1. The summed E-state index contributed by atoms with van der Waals surface area (Å²) in [5.41, 5.74) is 2.04. The maximum atomic E-state index is 12.4. The number of carbonyl (C=O) groups is 1. The molecular formula is C23H24N2O3S. The van der Waals surface area contributed by atoms with E-state index in [2.05, 4.69) is 10.3 Å². The quantitative estimate of drug-likeness (QED) is 0.530. The molecule has 0 aliphatic rings. The predicted octanol–water partition coefficient (Wildman–Crippen LogP) is 4.47. The van der Waals surface area contributed by atoms with Crippen LogP contribution >= 0.6 is 11.8 Å². The highest BCUT2D eigenvalue weighted by Crippen LogP contribution is 2.25. The van der Waals surface area contributed by atoms with Crippen LogP contribution in [0.1, 0.15) is 18.1 Å². The van der Waals surface area contributed by atoms with E-state index in [0.717, 1.165) is 27.5 Å². The monoisotopic (exact) mass is 408 g/mol. The molecule has 0 aliphatic heterocycles. The van der Waals surface area contributed by atoms with Crippen LogP contribution in [-0.2, 0) is 17.9 Å². The molecule has 150 valence electrons. The van der Waals surface area contributed by atoms with Crippen LogP contribution in [0, 0.1) is 0 Å². The normalized spacial score (nSPS) is 11.5. The number of nitrogens with one attached hydrogen (secondary N) is 1. The van der Waals surface area contributed by atoms with Crippen LogP contribution in [-0.4, -0.2) is 23.3 Å². The summed E-state index contributed by atoms with van der Waals surface area (Å²) >= 11 is 1.52. The van der Waals surface area contributed by atoms with Gasteiger partial charge in [-0.05, 0) is 55.0 Å². The highest BCUT2D eigenvalue weighted by Gasteiger charge is 2.14. The lowest BCUT2D eigenvalue weighted by atomic mass is 10.2. The third-order valence-electron chi connectivity index (χ3n) is 4.26. The number of aromatic nitrogens is 1. The Labute approximate surface area is 175 Å². The molecular weight excluding hydrogens is 384 g/mol. The van der Waals surface area contributed by atoms with Crippen molar-refractivity contribution in [1.29, 1.82) is 0 Å². The largest absolute Gasteiger partial charge is 0.497 e. The molecule has 1 aromatic heterocycles. The lowest BCUT2D eigenvalue weighted by Crippen LogP contribution is -2.30. The molecule has 3 aromatic rings. The van der Waals surface area contributed by atoms with Gasteiger partial charge in [-0.15, -0.1) is 11.8 Å². The number of ether oxygens (including phenoxy) is 2. The maximum absolute atomic E-state index is 12.4. The van der Waals surface area contributed by atoms with Gasteiger partial charge in [-0.3, -0.25) is 9.78 Å². The first kappa shape index (κ1) is 20.7. The van der Waals surface area contributed by atoms with Crippen LogP contribution in [0.15, 0.2) is 78.0 Å². The van der Waals surface area contributed by atoms with Crippen molar-refractivity contribution in [2.24, 2.45) is 0 Å². The second-order valence-electron chi connectivity index (χ2n) is 6.45. The van der Waals surface area contributed by atoms with E-state index in [-0.39, 0.29) is 11.2 Å². The van der Waals surface area contributed by atoms with Crippen LogP contribution in [0.3, 0.4) is 0 Å². The molecule has 6 heteroatoms. The number of benzene rings is 2. The Morgan fingerprint density at radius 3 is 2.41 bits per heavy atom. The third-order valence-corrected chi connectivity index (χ3v) is 5.37. The molecule has 1 unspecified atom stereocenters. The van der Waals surface area contributed by atoms with Crippen LogP contribution in [0.25, 0.3) is 0 Å². The Hall–Kier alpha value is -2.99. The van der Waals surface area contributed by atoms with Crippen molar-refractivity contribution in [3.63, 3.8) is 0 Å². The molecule has 2 aromatic carbocycles. The molecule has 0 aliphatic carbocycles. The van der Waals surface area contributed by atoms with Crippen molar-refractivity contribution in [3.8, 4) is 11.5 Å². The van der Waals surface area contributed by atoms with E-state index < -0.39 is 0 Å². The fourth-order valence-electron chi connectivity index (χ4n) is 2.60. The van der Waals surface area contributed by atoms with Crippen LogP contribution < -0.4 is 14.8 Å². The Kier molecular flexibility index (Phi) is 7.53. The van der Waals surface area contributed by atoms with E-state index in [1.165, 1.54) is 11.8 Å². The Bertz CT molecular complexity index is 900. The summed E-state index contributed by atoms with van der Waals surface area (Å²) in [4.78, 5) is 17.5. The van der Waals surface area contributed by atoms with Gasteiger partial charge in [-0.1, -0.05) is 18.2 Å². The van der Waals surface area contributed by atoms with E-state index in [1.807, 2.05) is 67.6 Å². The molecule has 0 saturated carbocycles. The van der Waals surface area contributed by atoms with Crippen LogP contribution in [0.5, 0.6) is 11.5 Å². The Morgan fingerprint density at radius 2 is 1.76 bits per heavy atom. The van der Waals surface area contributed by atoms with E-state index in [9.17, 15) is 4.79 Å². The van der Waals surface area contributed by atoms with Gasteiger partial charge in [0.1, 0.15) is 18.1 Å². The molecule has 0 radical (unpaired) electrons. The smallest absolute Gasteiger partial charge is 0.233 e. The summed E-state index contributed by atoms with van der Waals surface area (Å²) in [6.45, 7) is 2.86. The van der Waals surface area contributed by atoms with E-state index in [1.54, 1.807) is 19.5 Å². The van der Waals surface area contributed by atoms with E-state index in [4.69, 9.17) is 9.47 Å². The van der Waals surface area contributed by atoms with E-state index in [0.29, 0.717) is 13.2 Å². The van der Waals surface area contributed by atoms with Gasteiger partial charge in [0, 0.05) is 29.4 Å². The predicted molar refractivity (Wildman–Crippen MR) is 115 cm³/mol. The van der Waals surface area contributed by atoms with Gasteiger partial charge in [0.2, 0.25) is 5.91 Å². The fraction of sp³-hybridized carbons (Fsp3) is 0.217. The van der Waals surface area contributed by atoms with Crippen LogP contribution in [0.4, 0.5) is 0 Å². The topological polar surface area (TPSA) is 60.5 Å². The van der Waals surface area contributed by atoms with Crippen molar-refractivity contribution in [3.05, 3.63) is 84.2 Å². The molecule has 0 saturated heterocycles. The first-order chi connectivity index (χ1) is 14.1. The molecule has 0 fully saturated rings. The number of hydrogen-bond donors (Lipinski definition) is 1. The molecule has 3 rings (SSSR count). The fourth-order valence-corrected chi connectivity index (χ4v) is 3.49. The zero-order valence-corrected chi connectivity index (χ0v) is 17.3. The summed E-state index contributed by atoms with van der Waals surface area (Å²) in [6.07, 6.45) is 3.53. The number of nitrogens with zero attached hydrogens (tertiary/aromatic N) is 1. The SMILES string of the molecule is COc1ccc(SC(C)C(=O)NCc2ccc(OCc3cccnc3)cc2)cc1.